The summed E-state index contributed by atoms with van der Waals surface area (Å²) in [5.74, 6) is 1.65. The van der Waals surface area contributed by atoms with Crippen molar-refractivity contribution in [2.24, 2.45) is 5.41 Å². The van der Waals surface area contributed by atoms with E-state index in [4.69, 9.17) is 4.74 Å². The van der Waals surface area contributed by atoms with Crippen LogP contribution in [0.2, 0.25) is 0 Å². The number of hydrogen-bond donors (Lipinski definition) is 0. The van der Waals surface area contributed by atoms with Crippen molar-refractivity contribution in [3.63, 3.8) is 0 Å². The minimum absolute atomic E-state index is 0.370. The first-order valence-electron chi connectivity index (χ1n) is 7.48. The molecule has 2 heteroatoms. The molecule has 0 N–H and O–H groups in total. The molecule has 1 aromatic carbocycles. The Balaban J connectivity index is 1.92. The molecular formula is C17H25BrO. The molecule has 106 valence electrons. The van der Waals surface area contributed by atoms with Crippen molar-refractivity contribution in [2.45, 2.75) is 51.9 Å². The van der Waals surface area contributed by atoms with Crippen LogP contribution in [0.15, 0.2) is 24.3 Å². The average molecular weight is 325 g/mol. The van der Waals surface area contributed by atoms with Crippen LogP contribution in [0, 0.1) is 5.41 Å². The highest BCUT2D eigenvalue weighted by molar-refractivity contribution is 9.09. The molecule has 2 rings (SSSR count). The molecule has 1 aliphatic carbocycles. The van der Waals surface area contributed by atoms with Gasteiger partial charge in [-0.05, 0) is 42.9 Å². The highest BCUT2D eigenvalue weighted by atomic mass is 79.9. The van der Waals surface area contributed by atoms with Crippen LogP contribution in [0.25, 0.3) is 0 Å². The lowest BCUT2D eigenvalue weighted by molar-refractivity contribution is 0.174. The van der Waals surface area contributed by atoms with E-state index in [1.165, 1.54) is 37.7 Å². The standard InChI is InChI=1S/C17H25BrO/c1-3-14(2)15-6-8-16(9-7-15)19-13-17(12-18)10-4-5-11-17/h6-9,14H,3-5,10-13H2,1-2H3. The number of alkyl halides is 1. The lowest BCUT2D eigenvalue weighted by Gasteiger charge is -2.26. The van der Waals surface area contributed by atoms with Gasteiger partial charge in [0.25, 0.3) is 0 Å². The predicted octanol–water partition coefficient (Wildman–Crippen LogP) is 5.53. The lowest BCUT2D eigenvalue weighted by atomic mass is 9.90. The van der Waals surface area contributed by atoms with E-state index in [1.54, 1.807) is 0 Å². The summed E-state index contributed by atoms with van der Waals surface area (Å²) in [7, 11) is 0. The zero-order valence-electron chi connectivity index (χ0n) is 12.1. The first-order valence-corrected chi connectivity index (χ1v) is 8.60. The lowest BCUT2D eigenvalue weighted by Crippen LogP contribution is -2.26. The molecule has 1 fully saturated rings. The Bertz CT molecular complexity index is 379. The predicted molar refractivity (Wildman–Crippen MR) is 85.3 cm³/mol. The van der Waals surface area contributed by atoms with Gasteiger partial charge in [-0.2, -0.15) is 0 Å². The van der Waals surface area contributed by atoms with E-state index in [0.29, 0.717) is 11.3 Å². The minimum Gasteiger partial charge on any atom is -0.493 e. The van der Waals surface area contributed by atoms with Gasteiger partial charge in [-0.15, -0.1) is 0 Å². The fraction of sp³-hybridized carbons (Fsp3) is 0.647. The molecule has 1 aliphatic rings. The van der Waals surface area contributed by atoms with Gasteiger partial charge in [0.05, 0.1) is 6.61 Å². The fourth-order valence-electron chi connectivity index (χ4n) is 2.81. The summed E-state index contributed by atoms with van der Waals surface area (Å²) in [5.41, 5.74) is 1.78. The van der Waals surface area contributed by atoms with Gasteiger partial charge in [-0.25, -0.2) is 0 Å². The molecule has 0 bridgehead atoms. The summed E-state index contributed by atoms with van der Waals surface area (Å²) in [6, 6.07) is 8.66. The van der Waals surface area contributed by atoms with E-state index in [-0.39, 0.29) is 0 Å². The van der Waals surface area contributed by atoms with Crippen molar-refractivity contribution < 1.29 is 4.74 Å². The number of rotatable bonds is 6. The van der Waals surface area contributed by atoms with Crippen LogP contribution in [0.5, 0.6) is 5.75 Å². The van der Waals surface area contributed by atoms with Gasteiger partial charge < -0.3 is 4.74 Å². The van der Waals surface area contributed by atoms with Crippen molar-refractivity contribution in [3.05, 3.63) is 29.8 Å². The Hall–Kier alpha value is -0.500. The number of ether oxygens (including phenoxy) is 1. The van der Waals surface area contributed by atoms with Crippen LogP contribution >= 0.6 is 15.9 Å². The zero-order valence-corrected chi connectivity index (χ0v) is 13.7. The van der Waals surface area contributed by atoms with E-state index in [0.717, 1.165) is 17.7 Å². The maximum absolute atomic E-state index is 6.02. The normalized spacial score (nSPS) is 19.3. The van der Waals surface area contributed by atoms with E-state index in [1.807, 2.05) is 0 Å². The molecule has 0 spiro atoms. The van der Waals surface area contributed by atoms with Gasteiger partial charge >= 0.3 is 0 Å². The first kappa shape index (κ1) is 14.9. The van der Waals surface area contributed by atoms with Gasteiger partial charge in [0.1, 0.15) is 5.75 Å². The molecule has 1 unspecified atom stereocenters. The van der Waals surface area contributed by atoms with E-state index in [2.05, 4.69) is 54.0 Å². The third kappa shape index (κ3) is 3.75. The summed E-state index contributed by atoms with van der Waals surface area (Å²) in [6.45, 7) is 5.35. The number of halogens is 1. The second kappa shape index (κ2) is 6.78. The van der Waals surface area contributed by atoms with Crippen LogP contribution in [-0.4, -0.2) is 11.9 Å². The zero-order chi connectivity index (χ0) is 13.7. The molecule has 19 heavy (non-hydrogen) atoms. The number of hydrogen-bond acceptors (Lipinski definition) is 1. The topological polar surface area (TPSA) is 9.23 Å². The van der Waals surface area contributed by atoms with Crippen LogP contribution in [0.1, 0.15) is 57.4 Å². The monoisotopic (exact) mass is 324 g/mol. The van der Waals surface area contributed by atoms with Crippen molar-refractivity contribution in [2.75, 3.05) is 11.9 Å². The van der Waals surface area contributed by atoms with E-state index >= 15 is 0 Å². The van der Waals surface area contributed by atoms with E-state index < -0.39 is 0 Å². The third-order valence-electron chi connectivity index (χ3n) is 4.55. The fourth-order valence-corrected chi connectivity index (χ4v) is 3.53. The summed E-state index contributed by atoms with van der Waals surface area (Å²) in [4.78, 5) is 0. The van der Waals surface area contributed by atoms with Gasteiger partial charge in [-0.3, -0.25) is 0 Å². The van der Waals surface area contributed by atoms with Crippen molar-refractivity contribution in [1.82, 2.24) is 0 Å². The second-order valence-corrected chi connectivity index (χ2v) is 6.57. The molecule has 0 amide bonds. The molecule has 1 aromatic rings. The highest BCUT2D eigenvalue weighted by Crippen LogP contribution is 2.40. The Kier molecular flexibility index (Phi) is 5.32. The summed E-state index contributed by atoms with van der Waals surface area (Å²) >= 11 is 3.67. The van der Waals surface area contributed by atoms with E-state index in [9.17, 15) is 0 Å². The summed E-state index contributed by atoms with van der Waals surface area (Å²) in [6.07, 6.45) is 6.48. The molecule has 0 heterocycles. The minimum atomic E-state index is 0.370. The Morgan fingerprint density at radius 2 is 1.84 bits per heavy atom. The largest absolute Gasteiger partial charge is 0.493 e. The SMILES string of the molecule is CCC(C)c1ccc(OCC2(CBr)CCCC2)cc1. The molecule has 0 saturated heterocycles. The number of benzene rings is 1. The third-order valence-corrected chi connectivity index (χ3v) is 5.74. The first-order chi connectivity index (χ1) is 9.19. The van der Waals surface area contributed by atoms with Crippen molar-refractivity contribution >= 4 is 15.9 Å². The second-order valence-electron chi connectivity index (χ2n) is 6.01. The van der Waals surface area contributed by atoms with Crippen LogP contribution < -0.4 is 4.74 Å². The summed E-state index contributed by atoms with van der Waals surface area (Å²) in [5, 5.41) is 1.06. The van der Waals surface area contributed by atoms with Crippen LogP contribution in [-0.2, 0) is 0 Å². The Morgan fingerprint density at radius 1 is 1.21 bits per heavy atom. The molecule has 1 nitrogen and oxygen atoms in total. The van der Waals surface area contributed by atoms with Crippen molar-refractivity contribution in [1.29, 1.82) is 0 Å². The van der Waals surface area contributed by atoms with Gasteiger partial charge in [-0.1, -0.05) is 54.8 Å². The molecule has 1 saturated carbocycles. The Morgan fingerprint density at radius 3 is 2.37 bits per heavy atom. The highest BCUT2D eigenvalue weighted by Gasteiger charge is 2.33. The van der Waals surface area contributed by atoms with Crippen LogP contribution in [0.3, 0.4) is 0 Å². The molecule has 0 radical (unpaired) electrons. The van der Waals surface area contributed by atoms with Gasteiger partial charge in [0.15, 0.2) is 0 Å². The maximum Gasteiger partial charge on any atom is 0.119 e. The average Bonchev–Trinajstić information content (AvgIpc) is 2.94. The molecular weight excluding hydrogens is 300 g/mol. The quantitative estimate of drug-likeness (QED) is 0.625. The Labute approximate surface area is 125 Å². The van der Waals surface area contributed by atoms with Gasteiger partial charge in [0, 0.05) is 10.7 Å². The summed E-state index contributed by atoms with van der Waals surface area (Å²) < 4.78 is 6.02. The van der Waals surface area contributed by atoms with Crippen molar-refractivity contribution in [3.8, 4) is 5.75 Å². The molecule has 1 atom stereocenters. The molecule has 0 aromatic heterocycles. The van der Waals surface area contributed by atoms with Gasteiger partial charge in [0.2, 0.25) is 0 Å². The smallest absolute Gasteiger partial charge is 0.119 e. The van der Waals surface area contributed by atoms with Crippen LogP contribution in [0.4, 0.5) is 0 Å². The maximum atomic E-state index is 6.02. The molecule has 0 aliphatic heterocycles.